The molecule has 4 nitrogen and oxygen atoms in total. The van der Waals surface area contributed by atoms with Crippen LogP contribution in [0.2, 0.25) is 0 Å². The van der Waals surface area contributed by atoms with Gasteiger partial charge in [0.1, 0.15) is 11.9 Å². The van der Waals surface area contributed by atoms with Crippen LogP contribution in [-0.4, -0.2) is 4.98 Å². The first-order valence-corrected chi connectivity index (χ1v) is 6.99. The molecular formula is C15H13BrN2O2. The Morgan fingerprint density at radius 3 is 2.70 bits per heavy atom. The van der Waals surface area contributed by atoms with Gasteiger partial charge >= 0.3 is 0 Å². The van der Waals surface area contributed by atoms with Crippen molar-refractivity contribution in [2.75, 3.05) is 0 Å². The van der Waals surface area contributed by atoms with Gasteiger partial charge in [-0.3, -0.25) is 9.82 Å². The molecule has 0 spiro atoms. The van der Waals surface area contributed by atoms with Crippen LogP contribution in [0.15, 0.2) is 59.0 Å². The zero-order chi connectivity index (χ0) is 13.9. The molecule has 20 heavy (non-hydrogen) atoms. The van der Waals surface area contributed by atoms with E-state index in [0.717, 1.165) is 15.7 Å². The van der Waals surface area contributed by atoms with Gasteiger partial charge < -0.3 is 4.74 Å². The van der Waals surface area contributed by atoms with Gasteiger partial charge in [-0.15, -0.1) is 0 Å². The molecule has 1 aliphatic rings. The van der Waals surface area contributed by atoms with Gasteiger partial charge in [-0.05, 0) is 36.8 Å². The number of aryl methyl sites for hydroxylation is 1. The predicted octanol–water partition coefficient (Wildman–Crippen LogP) is 3.65. The van der Waals surface area contributed by atoms with Gasteiger partial charge in [-0.25, -0.2) is 5.48 Å². The van der Waals surface area contributed by atoms with E-state index in [-0.39, 0.29) is 6.10 Å². The molecule has 3 rings (SSSR count). The van der Waals surface area contributed by atoms with Crippen molar-refractivity contribution < 1.29 is 9.57 Å². The standard InChI is InChI=1S/C15H13BrN2O2/c1-10-2-7-13(9-17-10)19-15-8-14(20-18-15)11-3-5-12(16)6-4-11/h2-9,14,18H,1H3/t14-/m1/s1. The van der Waals surface area contributed by atoms with Gasteiger partial charge in [-0.1, -0.05) is 28.1 Å². The van der Waals surface area contributed by atoms with E-state index < -0.39 is 0 Å². The van der Waals surface area contributed by atoms with Crippen LogP contribution >= 0.6 is 15.9 Å². The number of hydrogen-bond donors (Lipinski definition) is 1. The minimum atomic E-state index is -0.156. The highest BCUT2D eigenvalue weighted by atomic mass is 79.9. The van der Waals surface area contributed by atoms with Crippen LogP contribution < -0.4 is 10.2 Å². The van der Waals surface area contributed by atoms with Crippen molar-refractivity contribution in [1.29, 1.82) is 0 Å². The molecule has 0 amide bonds. The quantitative estimate of drug-likeness (QED) is 0.931. The lowest BCUT2D eigenvalue weighted by Crippen LogP contribution is -2.12. The summed E-state index contributed by atoms with van der Waals surface area (Å²) in [6.45, 7) is 1.93. The first-order chi connectivity index (χ1) is 9.70. The summed E-state index contributed by atoms with van der Waals surface area (Å²) in [5, 5.41) is 0. The Morgan fingerprint density at radius 1 is 1.20 bits per heavy atom. The predicted molar refractivity (Wildman–Crippen MR) is 78.8 cm³/mol. The molecule has 0 bridgehead atoms. The number of hydroxylamine groups is 1. The van der Waals surface area contributed by atoms with Gasteiger partial charge in [0.2, 0.25) is 5.88 Å². The summed E-state index contributed by atoms with van der Waals surface area (Å²) in [4.78, 5) is 9.67. The summed E-state index contributed by atoms with van der Waals surface area (Å²) in [6.07, 6.45) is 3.42. The number of aromatic nitrogens is 1. The number of ether oxygens (including phenoxy) is 1. The second-order valence-electron chi connectivity index (χ2n) is 4.46. The Bertz CT molecular complexity index is 623. The molecule has 1 aliphatic heterocycles. The molecule has 0 saturated heterocycles. The van der Waals surface area contributed by atoms with Crippen LogP contribution in [0.5, 0.6) is 5.75 Å². The van der Waals surface area contributed by atoms with Crippen molar-refractivity contribution in [3.8, 4) is 5.75 Å². The average molecular weight is 333 g/mol. The van der Waals surface area contributed by atoms with E-state index in [1.807, 2.05) is 49.4 Å². The third kappa shape index (κ3) is 3.00. The highest BCUT2D eigenvalue weighted by molar-refractivity contribution is 9.10. The van der Waals surface area contributed by atoms with Crippen molar-refractivity contribution in [1.82, 2.24) is 10.5 Å². The number of nitrogens with one attached hydrogen (secondary N) is 1. The van der Waals surface area contributed by atoms with Crippen LogP contribution in [-0.2, 0) is 4.84 Å². The van der Waals surface area contributed by atoms with E-state index in [1.54, 1.807) is 6.20 Å². The molecule has 0 saturated carbocycles. The van der Waals surface area contributed by atoms with Gasteiger partial charge in [0.15, 0.2) is 0 Å². The number of pyridine rings is 1. The first kappa shape index (κ1) is 13.1. The van der Waals surface area contributed by atoms with Crippen LogP contribution in [0.25, 0.3) is 0 Å². The molecule has 1 aromatic heterocycles. The molecule has 2 aromatic rings. The Morgan fingerprint density at radius 2 is 2.00 bits per heavy atom. The molecule has 1 atom stereocenters. The van der Waals surface area contributed by atoms with Gasteiger partial charge in [0.25, 0.3) is 0 Å². The van der Waals surface area contributed by atoms with Crippen LogP contribution in [0.1, 0.15) is 17.4 Å². The van der Waals surface area contributed by atoms with Gasteiger partial charge in [-0.2, -0.15) is 0 Å². The lowest BCUT2D eigenvalue weighted by molar-refractivity contribution is 0.0273. The summed E-state index contributed by atoms with van der Waals surface area (Å²) >= 11 is 3.41. The summed E-state index contributed by atoms with van der Waals surface area (Å²) in [5.41, 5.74) is 4.79. The number of nitrogens with zero attached hydrogens (tertiary/aromatic N) is 1. The van der Waals surface area contributed by atoms with E-state index in [9.17, 15) is 0 Å². The molecule has 0 aliphatic carbocycles. The summed E-state index contributed by atoms with van der Waals surface area (Å²) in [6, 6.07) is 11.7. The Kier molecular flexibility index (Phi) is 3.71. The maximum Gasteiger partial charge on any atom is 0.216 e. The molecule has 102 valence electrons. The van der Waals surface area contributed by atoms with Crippen LogP contribution in [0, 0.1) is 6.92 Å². The van der Waals surface area contributed by atoms with Crippen molar-refractivity contribution in [2.24, 2.45) is 0 Å². The third-order valence-corrected chi connectivity index (χ3v) is 3.43. The summed E-state index contributed by atoms with van der Waals surface area (Å²) < 4.78 is 6.70. The molecule has 5 heteroatoms. The summed E-state index contributed by atoms with van der Waals surface area (Å²) in [7, 11) is 0. The Balaban J connectivity index is 1.71. The maximum absolute atomic E-state index is 5.66. The minimum Gasteiger partial charge on any atom is -0.438 e. The fourth-order valence-corrected chi connectivity index (χ4v) is 2.10. The smallest absolute Gasteiger partial charge is 0.216 e. The van der Waals surface area contributed by atoms with Gasteiger partial charge in [0, 0.05) is 16.2 Å². The van der Waals surface area contributed by atoms with Crippen LogP contribution in [0.4, 0.5) is 0 Å². The highest BCUT2D eigenvalue weighted by Gasteiger charge is 2.19. The molecule has 0 fully saturated rings. The van der Waals surface area contributed by atoms with E-state index in [0.29, 0.717) is 11.6 Å². The zero-order valence-electron chi connectivity index (χ0n) is 10.8. The van der Waals surface area contributed by atoms with Crippen molar-refractivity contribution in [2.45, 2.75) is 13.0 Å². The Labute approximate surface area is 125 Å². The molecule has 1 N–H and O–H groups in total. The van der Waals surface area contributed by atoms with Crippen molar-refractivity contribution >= 4 is 15.9 Å². The van der Waals surface area contributed by atoms with E-state index in [1.165, 1.54) is 0 Å². The van der Waals surface area contributed by atoms with Gasteiger partial charge in [0.05, 0.1) is 6.20 Å². The lowest BCUT2D eigenvalue weighted by atomic mass is 10.1. The number of halogens is 1. The SMILES string of the molecule is Cc1ccc(OC2=C[C@H](c3ccc(Br)cc3)ON2)cn1. The normalized spacial score (nSPS) is 17.5. The number of hydrogen-bond acceptors (Lipinski definition) is 4. The number of benzene rings is 1. The lowest BCUT2D eigenvalue weighted by Gasteiger charge is -2.07. The highest BCUT2D eigenvalue weighted by Crippen LogP contribution is 2.26. The second-order valence-corrected chi connectivity index (χ2v) is 5.38. The van der Waals surface area contributed by atoms with Crippen LogP contribution in [0.3, 0.4) is 0 Å². The fourth-order valence-electron chi connectivity index (χ4n) is 1.84. The van der Waals surface area contributed by atoms with E-state index in [4.69, 9.17) is 9.57 Å². The topological polar surface area (TPSA) is 43.4 Å². The zero-order valence-corrected chi connectivity index (χ0v) is 12.4. The molecular weight excluding hydrogens is 320 g/mol. The molecule has 2 heterocycles. The Hall–Kier alpha value is -1.85. The average Bonchev–Trinajstić information content (AvgIpc) is 2.91. The second kappa shape index (κ2) is 5.64. The molecule has 1 aromatic carbocycles. The monoisotopic (exact) mass is 332 g/mol. The third-order valence-electron chi connectivity index (χ3n) is 2.90. The fraction of sp³-hybridized carbons (Fsp3) is 0.133. The number of rotatable bonds is 3. The first-order valence-electron chi connectivity index (χ1n) is 6.20. The molecule has 0 unspecified atom stereocenters. The maximum atomic E-state index is 5.66. The van der Waals surface area contributed by atoms with Crippen molar-refractivity contribution in [3.63, 3.8) is 0 Å². The van der Waals surface area contributed by atoms with Crippen molar-refractivity contribution in [3.05, 3.63) is 70.3 Å². The van der Waals surface area contributed by atoms with E-state index in [2.05, 4.69) is 26.4 Å². The molecule has 0 radical (unpaired) electrons. The summed E-state index contributed by atoms with van der Waals surface area (Å²) in [5.74, 6) is 1.25. The minimum absolute atomic E-state index is 0.156. The largest absolute Gasteiger partial charge is 0.438 e. The van der Waals surface area contributed by atoms with E-state index >= 15 is 0 Å².